The van der Waals surface area contributed by atoms with Crippen molar-refractivity contribution in [3.63, 3.8) is 0 Å². The lowest BCUT2D eigenvalue weighted by Gasteiger charge is -2.15. The number of nitrogens with one attached hydrogen (secondary N) is 1. The van der Waals surface area contributed by atoms with E-state index in [0.717, 1.165) is 12.1 Å². The number of rotatable bonds is 9. The van der Waals surface area contributed by atoms with Gasteiger partial charge in [0.05, 0.1) is 18.3 Å². The van der Waals surface area contributed by atoms with E-state index >= 15 is 0 Å². The fraction of sp³-hybridized carbons (Fsp3) is 0.412. The van der Waals surface area contributed by atoms with Crippen LogP contribution in [0, 0.1) is 0 Å². The standard InChI is InChI=1S/C17H22N2O4S/c1-12(7-18-8-16(20)15-10-24-11-19-15)13-3-5-14(6-4-13)23-9-17(21)22-2/h3-6,10-12,16,18,20H,7-9H2,1-2H3. The first kappa shape index (κ1) is 18.4. The van der Waals surface area contributed by atoms with E-state index in [0.29, 0.717) is 18.0 Å². The van der Waals surface area contributed by atoms with Crippen LogP contribution in [0.2, 0.25) is 0 Å². The third kappa shape index (κ3) is 5.59. The van der Waals surface area contributed by atoms with Crippen LogP contribution in [0.1, 0.15) is 30.2 Å². The van der Waals surface area contributed by atoms with Gasteiger partial charge in [0.2, 0.25) is 0 Å². The Kier molecular flexibility index (Phi) is 7.17. The highest BCUT2D eigenvalue weighted by Crippen LogP contribution is 2.19. The van der Waals surface area contributed by atoms with Crippen LogP contribution in [0.25, 0.3) is 0 Å². The summed E-state index contributed by atoms with van der Waals surface area (Å²) in [5.74, 6) is 0.501. The minimum Gasteiger partial charge on any atom is -0.482 e. The van der Waals surface area contributed by atoms with Gasteiger partial charge in [0, 0.05) is 18.5 Å². The maximum Gasteiger partial charge on any atom is 0.343 e. The van der Waals surface area contributed by atoms with E-state index in [9.17, 15) is 9.90 Å². The smallest absolute Gasteiger partial charge is 0.343 e. The molecule has 0 aliphatic heterocycles. The summed E-state index contributed by atoms with van der Waals surface area (Å²) in [4.78, 5) is 15.1. The number of aromatic nitrogens is 1. The molecule has 7 heteroatoms. The van der Waals surface area contributed by atoms with Gasteiger partial charge in [0.15, 0.2) is 6.61 Å². The summed E-state index contributed by atoms with van der Waals surface area (Å²) in [7, 11) is 1.33. The van der Waals surface area contributed by atoms with Crippen molar-refractivity contribution in [2.24, 2.45) is 0 Å². The second-order valence-electron chi connectivity index (χ2n) is 5.42. The highest BCUT2D eigenvalue weighted by molar-refractivity contribution is 7.07. The van der Waals surface area contributed by atoms with Crippen molar-refractivity contribution in [2.75, 3.05) is 26.8 Å². The van der Waals surface area contributed by atoms with Gasteiger partial charge in [0.1, 0.15) is 11.9 Å². The lowest BCUT2D eigenvalue weighted by molar-refractivity contribution is -0.142. The Labute approximate surface area is 145 Å². The first-order chi connectivity index (χ1) is 11.6. The minimum atomic E-state index is -0.586. The summed E-state index contributed by atoms with van der Waals surface area (Å²) in [6.45, 7) is 3.21. The summed E-state index contributed by atoms with van der Waals surface area (Å²) in [6.07, 6.45) is -0.586. The molecule has 0 saturated carbocycles. The fourth-order valence-corrected chi connectivity index (χ4v) is 2.74. The molecule has 1 aromatic carbocycles. The number of ether oxygens (including phenoxy) is 2. The number of hydrogen-bond donors (Lipinski definition) is 2. The van der Waals surface area contributed by atoms with Gasteiger partial charge >= 0.3 is 5.97 Å². The zero-order valence-corrected chi connectivity index (χ0v) is 14.6. The Bertz CT molecular complexity index is 616. The Morgan fingerprint density at radius 2 is 2.08 bits per heavy atom. The summed E-state index contributed by atoms with van der Waals surface area (Å²) < 4.78 is 9.85. The molecule has 2 atom stereocenters. The Morgan fingerprint density at radius 1 is 1.33 bits per heavy atom. The third-order valence-electron chi connectivity index (χ3n) is 3.61. The van der Waals surface area contributed by atoms with Crippen LogP contribution >= 0.6 is 11.3 Å². The van der Waals surface area contributed by atoms with Gasteiger partial charge in [-0.3, -0.25) is 0 Å². The second kappa shape index (κ2) is 9.36. The summed E-state index contributed by atoms with van der Waals surface area (Å²) >= 11 is 1.47. The van der Waals surface area contributed by atoms with Gasteiger partial charge in [-0.2, -0.15) is 0 Å². The molecule has 0 aliphatic carbocycles. The van der Waals surface area contributed by atoms with Crippen LogP contribution in [0.15, 0.2) is 35.2 Å². The first-order valence-electron chi connectivity index (χ1n) is 7.66. The molecule has 0 amide bonds. The van der Waals surface area contributed by atoms with Gasteiger partial charge in [-0.15, -0.1) is 11.3 Å². The largest absolute Gasteiger partial charge is 0.482 e. The molecule has 1 heterocycles. The highest BCUT2D eigenvalue weighted by Gasteiger charge is 2.11. The third-order valence-corrected chi connectivity index (χ3v) is 4.22. The van der Waals surface area contributed by atoms with Gasteiger partial charge in [-0.25, -0.2) is 9.78 Å². The zero-order chi connectivity index (χ0) is 17.4. The molecule has 0 saturated heterocycles. The summed E-state index contributed by atoms with van der Waals surface area (Å²) in [5.41, 5.74) is 3.56. The number of methoxy groups -OCH3 is 1. The lowest BCUT2D eigenvalue weighted by atomic mass is 10.0. The van der Waals surface area contributed by atoms with Gasteiger partial charge in [0.25, 0.3) is 0 Å². The van der Waals surface area contributed by atoms with E-state index in [1.165, 1.54) is 18.4 Å². The van der Waals surface area contributed by atoms with Crippen LogP contribution < -0.4 is 10.1 Å². The number of carbonyl (C=O) groups is 1. The molecule has 6 nitrogen and oxygen atoms in total. The van der Waals surface area contributed by atoms with Crippen molar-refractivity contribution in [1.29, 1.82) is 0 Å². The SMILES string of the molecule is COC(=O)COc1ccc(C(C)CNCC(O)c2cscn2)cc1. The molecule has 2 rings (SSSR count). The predicted octanol–water partition coefficient (Wildman–Crippen LogP) is 2.12. The van der Waals surface area contributed by atoms with E-state index in [4.69, 9.17) is 4.74 Å². The van der Waals surface area contributed by atoms with Crippen molar-refractivity contribution in [2.45, 2.75) is 18.9 Å². The lowest BCUT2D eigenvalue weighted by Crippen LogP contribution is -2.25. The Morgan fingerprint density at radius 3 is 2.71 bits per heavy atom. The van der Waals surface area contributed by atoms with Crippen molar-refractivity contribution in [1.82, 2.24) is 10.3 Å². The average Bonchev–Trinajstić information content (AvgIpc) is 3.14. The van der Waals surface area contributed by atoms with Crippen LogP contribution in [-0.4, -0.2) is 42.9 Å². The molecule has 1 aromatic heterocycles. The fourth-order valence-electron chi connectivity index (χ4n) is 2.14. The highest BCUT2D eigenvalue weighted by atomic mass is 32.1. The van der Waals surface area contributed by atoms with Gasteiger partial charge < -0.3 is 19.9 Å². The number of benzene rings is 1. The van der Waals surface area contributed by atoms with Crippen molar-refractivity contribution < 1.29 is 19.4 Å². The molecule has 0 aliphatic rings. The van der Waals surface area contributed by atoms with Crippen molar-refractivity contribution in [3.8, 4) is 5.75 Å². The number of carbonyl (C=O) groups excluding carboxylic acids is 1. The molecular formula is C17H22N2O4S. The number of hydrogen-bond acceptors (Lipinski definition) is 7. The number of nitrogens with zero attached hydrogens (tertiary/aromatic N) is 1. The van der Waals surface area contributed by atoms with Gasteiger partial charge in [-0.1, -0.05) is 19.1 Å². The van der Waals surface area contributed by atoms with Crippen LogP contribution in [-0.2, 0) is 9.53 Å². The van der Waals surface area contributed by atoms with Crippen molar-refractivity contribution >= 4 is 17.3 Å². The van der Waals surface area contributed by atoms with E-state index in [1.807, 2.05) is 29.6 Å². The van der Waals surface area contributed by atoms with E-state index in [2.05, 4.69) is 22.0 Å². The zero-order valence-electron chi connectivity index (χ0n) is 13.8. The maximum atomic E-state index is 11.0. The van der Waals surface area contributed by atoms with Crippen LogP contribution in [0.4, 0.5) is 0 Å². The minimum absolute atomic E-state index is 0.0958. The normalized spacial score (nSPS) is 13.3. The average molecular weight is 350 g/mol. The first-order valence-corrected chi connectivity index (χ1v) is 8.61. The number of esters is 1. The number of thiazole rings is 1. The molecule has 0 radical (unpaired) electrons. The van der Waals surface area contributed by atoms with Crippen LogP contribution in [0.5, 0.6) is 5.75 Å². The molecule has 0 spiro atoms. The Hall–Kier alpha value is -1.96. The van der Waals surface area contributed by atoms with E-state index < -0.39 is 12.1 Å². The molecular weight excluding hydrogens is 328 g/mol. The quantitative estimate of drug-likeness (QED) is 0.674. The molecule has 130 valence electrons. The maximum absolute atomic E-state index is 11.0. The molecule has 24 heavy (non-hydrogen) atoms. The summed E-state index contributed by atoms with van der Waals surface area (Å²) in [6, 6.07) is 7.60. The monoisotopic (exact) mass is 350 g/mol. The summed E-state index contributed by atoms with van der Waals surface area (Å²) in [5, 5.41) is 15.1. The topological polar surface area (TPSA) is 80.7 Å². The Balaban J connectivity index is 1.75. The predicted molar refractivity (Wildman–Crippen MR) is 92.3 cm³/mol. The second-order valence-corrected chi connectivity index (χ2v) is 6.14. The molecule has 0 fully saturated rings. The molecule has 2 aromatic rings. The van der Waals surface area contributed by atoms with E-state index in [-0.39, 0.29) is 12.5 Å². The molecule has 0 bridgehead atoms. The van der Waals surface area contributed by atoms with Gasteiger partial charge in [-0.05, 0) is 23.6 Å². The number of aliphatic hydroxyl groups excluding tert-OH is 1. The van der Waals surface area contributed by atoms with Crippen molar-refractivity contribution in [3.05, 3.63) is 46.4 Å². The van der Waals surface area contributed by atoms with Crippen LogP contribution in [0.3, 0.4) is 0 Å². The van der Waals surface area contributed by atoms with E-state index in [1.54, 1.807) is 5.51 Å². The molecule has 2 N–H and O–H groups in total. The molecule has 2 unspecified atom stereocenters. The number of aliphatic hydroxyl groups is 1.